The third-order valence-electron chi connectivity index (χ3n) is 2.18. The van der Waals surface area contributed by atoms with E-state index in [-0.39, 0.29) is 5.71 Å². The van der Waals surface area contributed by atoms with Crippen molar-refractivity contribution in [1.29, 1.82) is 0 Å². The molecule has 0 unspecified atom stereocenters. The highest BCUT2D eigenvalue weighted by molar-refractivity contribution is 6.44. The van der Waals surface area contributed by atoms with Gasteiger partial charge in [0, 0.05) is 19.4 Å². The van der Waals surface area contributed by atoms with Crippen molar-refractivity contribution in [1.82, 2.24) is 5.32 Å². The summed E-state index contributed by atoms with van der Waals surface area (Å²) in [5.74, 6) is -0.625. The number of nitrogens with zero attached hydrogens (tertiary/aromatic N) is 1. The minimum atomic E-state index is -0.625. The Morgan fingerprint density at radius 3 is 2.41 bits per heavy atom. The number of aliphatic imine (C=N–C) groups is 1. The van der Waals surface area contributed by atoms with Gasteiger partial charge in [0.05, 0.1) is 18.8 Å². The number of carbonyl (C=O) groups is 1. The molecule has 0 atom stereocenters. The highest BCUT2D eigenvalue weighted by atomic mass is 16.5. The van der Waals surface area contributed by atoms with Gasteiger partial charge in [0.1, 0.15) is 5.71 Å². The van der Waals surface area contributed by atoms with Gasteiger partial charge < -0.3 is 21.5 Å². The molecule has 0 heterocycles. The van der Waals surface area contributed by atoms with E-state index < -0.39 is 5.91 Å². The third kappa shape index (κ3) is 5.35. The van der Waals surface area contributed by atoms with Crippen molar-refractivity contribution in [3.63, 3.8) is 0 Å². The number of amides is 1. The summed E-state index contributed by atoms with van der Waals surface area (Å²) in [6, 6.07) is 0. The SMILES string of the molecule is CCOCCN=C(C(N)=O)C(N)=C(CC)NC. The molecule has 0 saturated carbocycles. The maximum atomic E-state index is 11.2. The van der Waals surface area contributed by atoms with Gasteiger partial charge in [0.2, 0.25) is 0 Å². The Kier molecular flexibility index (Phi) is 7.79. The van der Waals surface area contributed by atoms with Crippen molar-refractivity contribution < 1.29 is 9.53 Å². The number of primary amides is 1. The van der Waals surface area contributed by atoms with Crippen molar-refractivity contribution in [2.75, 3.05) is 26.8 Å². The van der Waals surface area contributed by atoms with Crippen LogP contribution in [0.25, 0.3) is 0 Å². The molecule has 17 heavy (non-hydrogen) atoms. The largest absolute Gasteiger partial charge is 0.395 e. The molecule has 0 aromatic carbocycles. The van der Waals surface area contributed by atoms with Gasteiger partial charge in [-0.2, -0.15) is 0 Å². The van der Waals surface area contributed by atoms with Gasteiger partial charge in [0.25, 0.3) is 5.91 Å². The van der Waals surface area contributed by atoms with Crippen LogP contribution in [0.5, 0.6) is 0 Å². The Morgan fingerprint density at radius 1 is 1.35 bits per heavy atom. The number of nitrogens with two attached hydrogens (primary N) is 2. The Morgan fingerprint density at radius 2 is 2.00 bits per heavy atom. The fraction of sp³-hybridized carbons (Fsp3) is 0.636. The minimum absolute atomic E-state index is 0.107. The van der Waals surface area contributed by atoms with E-state index in [0.717, 1.165) is 5.70 Å². The van der Waals surface area contributed by atoms with E-state index in [1.807, 2.05) is 13.8 Å². The first-order valence-electron chi connectivity index (χ1n) is 5.67. The van der Waals surface area contributed by atoms with Crippen LogP contribution in [0, 0.1) is 0 Å². The van der Waals surface area contributed by atoms with Crippen molar-refractivity contribution >= 4 is 11.6 Å². The quantitative estimate of drug-likeness (QED) is 0.403. The van der Waals surface area contributed by atoms with Crippen LogP contribution in [0.15, 0.2) is 16.4 Å². The fourth-order valence-corrected chi connectivity index (χ4v) is 1.31. The topological polar surface area (TPSA) is 103 Å². The number of nitrogens with one attached hydrogen (secondary N) is 1. The second kappa shape index (κ2) is 8.58. The molecular weight excluding hydrogens is 220 g/mol. The summed E-state index contributed by atoms with van der Waals surface area (Å²) in [4.78, 5) is 15.3. The third-order valence-corrected chi connectivity index (χ3v) is 2.18. The Hall–Kier alpha value is -1.56. The fourth-order valence-electron chi connectivity index (χ4n) is 1.31. The molecule has 6 nitrogen and oxygen atoms in total. The summed E-state index contributed by atoms with van der Waals surface area (Å²) in [5, 5.41) is 2.92. The first-order chi connectivity index (χ1) is 8.08. The van der Waals surface area contributed by atoms with E-state index >= 15 is 0 Å². The first-order valence-corrected chi connectivity index (χ1v) is 5.67. The highest BCUT2D eigenvalue weighted by Crippen LogP contribution is 2.02. The molecule has 1 amide bonds. The normalized spacial score (nSPS) is 13.2. The molecule has 0 radical (unpaired) electrons. The highest BCUT2D eigenvalue weighted by Gasteiger charge is 2.13. The Labute approximate surface area is 102 Å². The van der Waals surface area contributed by atoms with Crippen molar-refractivity contribution in [2.24, 2.45) is 16.5 Å². The van der Waals surface area contributed by atoms with Gasteiger partial charge in [-0.15, -0.1) is 0 Å². The first kappa shape index (κ1) is 15.4. The molecule has 0 rings (SSSR count). The molecule has 0 fully saturated rings. The molecular formula is C11H22N4O2. The number of rotatable bonds is 8. The zero-order valence-corrected chi connectivity index (χ0v) is 10.7. The summed E-state index contributed by atoms with van der Waals surface area (Å²) < 4.78 is 5.12. The van der Waals surface area contributed by atoms with Gasteiger partial charge in [-0.25, -0.2) is 0 Å². The summed E-state index contributed by atoms with van der Waals surface area (Å²) in [5.41, 5.74) is 12.3. The van der Waals surface area contributed by atoms with Crippen molar-refractivity contribution in [2.45, 2.75) is 20.3 Å². The molecule has 98 valence electrons. The van der Waals surface area contributed by atoms with Gasteiger partial charge in [-0.05, 0) is 13.3 Å². The zero-order valence-electron chi connectivity index (χ0n) is 10.7. The monoisotopic (exact) mass is 242 g/mol. The molecule has 5 N–H and O–H groups in total. The molecule has 0 saturated heterocycles. The average Bonchev–Trinajstić information content (AvgIpc) is 2.30. The van der Waals surface area contributed by atoms with Crippen LogP contribution in [0.2, 0.25) is 0 Å². The molecule has 0 aromatic heterocycles. The van der Waals surface area contributed by atoms with E-state index in [2.05, 4.69) is 10.3 Å². The second-order valence-corrected chi connectivity index (χ2v) is 3.29. The van der Waals surface area contributed by atoms with Crippen LogP contribution in [-0.2, 0) is 9.53 Å². The average molecular weight is 242 g/mol. The lowest BCUT2D eigenvalue weighted by Gasteiger charge is -2.10. The summed E-state index contributed by atoms with van der Waals surface area (Å²) in [6.45, 7) is 5.25. The van der Waals surface area contributed by atoms with E-state index in [1.54, 1.807) is 7.05 Å². The molecule has 0 aliphatic rings. The van der Waals surface area contributed by atoms with Gasteiger partial charge in [-0.3, -0.25) is 9.79 Å². The molecule has 6 heteroatoms. The number of hydrogen-bond donors (Lipinski definition) is 3. The predicted octanol–water partition coefficient (Wildman–Crippen LogP) is -0.251. The lowest BCUT2D eigenvalue weighted by Crippen LogP contribution is -2.32. The number of allylic oxidation sites excluding steroid dienone is 1. The standard InChI is InChI=1S/C11H22N4O2/c1-4-8(14-3)9(12)10(11(13)16)15-6-7-17-5-2/h14H,4-7,12H2,1-3H3,(H2,13,16). The number of ether oxygens (including phenoxy) is 1. The molecule has 0 spiro atoms. The lowest BCUT2D eigenvalue weighted by atomic mass is 10.2. The van der Waals surface area contributed by atoms with E-state index in [4.69, 9.17) is 16.2 Å². The Bertz CT molecular complexity index is 305. The summed E-state index contributed by atoms with van der Waals surface area (Å²) in [7, 11) is 1.74. The second-order valence-electron chi connectivity index (χ2n) is 3.29. The van der Waals surface area contributed by atoms with Crippen LogP contribution < -0.4 is 16.8 Å². The molecule has 0 aromatic rings. The van der Waals surface area contributed by atoms with Gasteiger partial charge in [-0.1, -0.05) is 6.92 Å². The maximum absolute atomic E-state index is 11.2. The van der Waals surface area contributed by atoms with Crippen LogP contribution in [0.4, 0.5) is 0 Å². The van der Waals surface area contributed by atoms with Crippen LogP contribution in [0.3, 0.4) is 0 Å². The smallest absolute Gasteiger partial charge is 0.269 e. The van der Waals surface area contributed by atoms with Gasteiger partial charge >= 0.3 is 0 Å². The van der Waals surface area contributed by atoms with Crippen LogP contribution in [0.1, 0.15) is 20.3 Å². The summed E-state index contributed by atoms with van der Waals surface area (Å²) in [6.07, 6.45) is 0.681. The number of carbonyl (C=O) groups excluding carboxylic acids is 1. The lowest BCUT2D eigenvalue weighted by molar-refractivity contribution is -0.111. The minimum Gasteiger partial charge on any atom is -0.395 e. The predicted molar refractivity (Wildman–Crippen MR) is 68.6 cm³/mol. The molecule has 0 aliphatic carbocycles. The van der Waals surface area contributed by atoms with Crippen molar-refractivity contribution in [3.05, 3.63) is 11.4 Å². The van der Waals surface area contributed by atoms with Crippen LogP contribution in [-0.4, -0.2) is 38.4 Å². The number of hydrogen-bond acceptors (Lipinski definition) is 5. The van der Waals surface area contributed by atoms with E-state index in [0.29, 0.717) is 31.9 Å². The van der Waals surface area contributed by atoms with Gasteiger partial charge in [0.15, 0.2) is 0 Å². The zero-order chi connectivity index (χ0) is 13.3. The van der Waals surface area contributed by atoms with E-state index in [1.165, 1.54) is 0 Å². The molecule has 0 bridgehead atoms. The summed E-state index contributed by atoms with van der Waals surface area (Å²) >= 11 is 0. The van der Waals surface area contributed by atoms with Crippen LogP contribution >= 0.6 is 0 Å². The van der Waals surface area contributed by atoms with Crippen molar-refractivity contribution in [3.8, 4) is 0 Å². The maximum Gasteiger partial charge on any atom is 0.269 e. The molecule has 0 aliphatic heterocycles. The van der Waals surface area contributed by atoms with E-state index in [9.17, 15) is 4.79 Å². The Balaban J connectivity index is 4.84.